The average Bonchev–Trinajstić information content (AvgIpc) is 2.80. The molecule has 9 heteroatoms. The highest BCUT2D eigenvalue weighted by Gasteiger charge is 2.36. The summed E-state index contributed by atoms with van der Waals surface area (Å²) in [6, 6.07) is 1.24. The van der Waals surface area contributed by atoms with Gasteiger partial charge >= 0.3 is 6.09 Å². The van der Waals surface area contributed by atoms with Gasteiger partial charge in [-0.1, -0.05) is 6.92 Å². The first-order chi connectivity index (χ1) is 13.7. The van der Waals surface area contributed by atoms with Crippen LogP contribution in [0.5, 0.6) is 5.88 Å². The number of halogens is 1. The van der Waals surface area contributed by atoms with Crippen molar-refractivity contribution in [1.82, 2.24) is 14.9 Å². The van der Waals surface area contributed by atoms with Crippen LogP contribution in [-0.2, 0) is 11.2 Å². The maximum absolute atomic E-state index is 14.9. The first kappa shape index (κ1) is 19.5. The van der Waals surface area contributed by atoms with Crippen LogP contribution in [0, 0.1) is 5.82 Å². The lowest BCUT2D eigenvalue weighted by Gasteiger charge is -2.41. The molecule has 156 valence electrons. The topological polar surface area (TPSA) is 87.8 Å². The maximum Gasteiger partial charge on any atom is 0.410 e. The fourth-order valence-electron chi connectivity index (χ4n) is 3.85. The van der Waals surface area contributed by atoms with Crippen molar-refractivity contribution in [3.8, 4) is 5.88 Å². The van der Waals surface area contributed by atoms with E-state index in [-0.39, 0.29) is 35.5 Å². The number of aromatic amines is 1. The third-order valence-corrected chi connectivity index (χ3v) is 5.14. The molecule has 2 aromatic heterocycles. The van der Waals surface area contributed by atoms with Crippen LogP contribution >= 0.6 is 0 Å². The van der Waals surface area contributed by atoms with Gasteiger partial charge in [-0.2, -0.15) is 0 Å². The van der Waals surface area contributed by atoms with Gasteiger partial charge in [0.05, 0.1) is 28.3 Å². The summed E-state index contributed by atoms with van der Waals surface area (Å²) in [6.07, 6.45) is -0.00311. The predicted molar refractivity (Wildman–Crippen MR) is 106 cm³/mol. The van der Waals surface area contributed by atoms with Crippen molar-refractivity contribution in [1.29, 1.82) is 0 Å². The van der Waals surface area contributed by atoms with Gasteiger partial charge in [-0.15, -0.1) is 0 Å². The van der Waals surface area contributed by atoms with E-state index in [0.717, 1.165) is 0 Å². The Kier molecular flexibility index (Phi) is 4.63. The summed E-state index contributed by atoms with van der Waals surface area (Å²) in [5.74, 6) is -0.220. The number of anilines is 1. The molecule has 2 aliphatic rings. The third kappa shape index (κ3) is 3.49. The van der Waals surface area contributed by atoms with Crippen LogP contribution in [-0.4, -0.2) is 58.8 Å². The minimum Gasteiger partial charge on any atom is -0.475 e. The summed E-state index contributed by atoms with van der Waals surface area (Å²) in [4.78, 5) is 35.4. The van der Waals surface area contributed by atoms with Crippen molar-refractivity contribution in [2.45, 2.75) is 45.8 Å². The summed E-state index contributed by atoms with van der Waals surface area (Å²) in [6.45, 7) is 8.81. The van der Waals surface area contributed by atoms with E-state index >= 15 is 0 Å². The lowest BCUT2D eigenvalue weighted by atomic mass is 10.1. The highest BCUT2D eigenvalue weighted by atomic mass is 19.1. The Bertz CT molecular complexity index is 1030. The third-order valence-electron chi connectivity index (χ3n) is 5.14. The summed E-state index contributed by atoms with van der Waals surface area (Å²) < 4.78 is 26.3. The van der Waals surface area contributed by atoms with Gasteiger partial charge in [0, 0.05) is 25.7 Å². The van der Waals surface area contributed by atoms with Crippen LogP contribution in [0.3, 0.4) is 0 Å². The van der Waals surface area contributed by atoms with Gasteiger partial charge < -0.3 is 24.3 Å². The van der Waals surface area contributed by atoms with E-state index in [1.54, 1.807) is 11.8 Å². The molecule has 1 amide bonds. The first-order valence-electron chi connectivity index (χ1n) is 9.80. The SMILES string of the molecule is CCc1nc2c3c(cc(=O)[nH]c3c1F)N1CCN(C(=O)OC(C)(C)C)C[C@H]1CO2. The Balaban J connectivity index is 1.73. The number of amides is 1. The molecule has 4 rings (SSSR count). The molecule has 0 bridgehead atoms. The van der Waals surface area contributed by atoms with Crippen LogP contribution in [0.4, 0.5) is 14.9 Å². The number of hydrogen-bond donors (Lipinski definition) is 1. The van der Waals surface area contributed by atoms with Gasteiger partial charge in [0.15, 0.2) is 5.82 Å². The number of nitrogens with zero attached hydrogens (tertiary/aromatic N) is 3. The fourth-order valence-corrected chi connectivity index (χ4v) is 3.85. The summed E-state index contributed by atoms with van der Waals surface area (Å²) in [5, 5.41) is 0.465. The summed E-state index contributed by atoms with van der Waals surface area (Å²) in [7, 11) is 0. The Labute approximate surface area is 167 Å². The summed E-state index contributed by atoms with van der Waals surface area (Å²) in [5.41, 5.74) is -0.0264. The summed E-state index contributed by atoms with van der Waals surface area (Å²) >= 11 is 0. The van der Waals surface area contributed by atoms with E-state index in [9.17, 15) is 14.0 Å². The van der Waals surface area contributed by atoms with E-state index < -0.39 is 11.4 Å². The van der Waals surface area contributed by atoms with E-state index in [2.05, 4.69) is 9.97 Å². The lowest BCUT2D eigenvalue weighted by Crippen LogP contribution is -2.57. The van der Waals surface area contributed by atoms with Crippen molar-refractivity contribution in [3.63, 3.8) is 0 Å². The molecule has 1 atom stereocenters. The molecule has 2 aromatic rings. The van der Waals surface area contributed by atoms with Gasteiger partial charge in [-0.25, -0.2) is 14.2 Å². The Hall–Kier alpha value is -2.84. The fraction of sp³-hybridized carbons (Fsp3) is 0.550. The molecule has 0 unspecified atom stereocenters. The number of H-pyrrole nitrogens is 1. The van der Waals surface area contributed by atoms with Crippen molar-refractivity contribution >= 4 is 22.7 Å². The quantitative estimate of drug-likeness (QED) is 0.786. The molecule has 0 aromatic carbocycles. The smallest absolute Gasteiger partial charge is 0.410 e. The zero-order chi connectivity index (χ0) is 20.9. The Morgan fingerprint density at radius 1 is 1.41 bits per heavy atom. The number of carbonyl (C=O) groups is 1. The predicted octanol–water partition coefficient (Wildman–Crippen LogP) is 2.44. The van der Waals surface area contributed by atoms with Crippen molar-refractivity contribution < 1.29 is 18.7 Å². The molecule has 1 N–H and O–H groups in total. The van der Waals surface area contributed by atoms with E-state index in [1.807, 2.05) is 25.7 Å². The van der Waals surface area contributed by atoms with Crippen LogP contribution in [0.1, 0.15) is 33.4 Å². The number of hydrogen-bond acceptors (Lipinski definition) is 6. The largest absolute Gasteiger partial charge is 0.475 e. The number of pyridine rings is 2. The number of fused-ring (bicyclic) bond motifs is 2. The van der Waals surface area contributed by atoms with Crippen molar-refractivity contribution in [2.75, 3.05) is 31.1 Å². The highest BCUT2D eigenvalue weighted by Crippen LogP contribution is 2.37. The van der Waals surface area contributed by atoms with Crippen molar-refractivity contribution in [3.05, 3.63) is 27.9 Å². The zero-order valence-electron chi connectivity index (χ0n) is 17.0. The number of rotatable bonds is 1. The molecular formula is C20H25FN4O4. The second-order valence-electron chi connectivity index (χ2n) is 8.38. The zero-order valence-corrected chi connectivity index (χ0v) is 17.0. The standard InChI is InChI=1S/C20H25FN4O4/c1-5-12-16(21)17-15-13(8-14(26)23-17)25-7-6-24(19(27)29-20(2,3)4)9-11(25)10-28-18(15)22-12/h8,11H,5-7,9-10H2,1-4H3,(H,23,26)/t11-/m0/s1. The molecule has 1 fully saturated rings. The van der Waals surface area contributed by atoms with Crippen LogP contribution in [0.15, 0.2) is 10.9 Å². The molecule has 0 radical (unpaired) electrons. The van der Waals surface area contributed by atoms with Gasteiger partial charge in [0.2, 0.25) is 5.88 Å². The molecule has 1 saturated heterocycles. The number of piperazine rings is 1. The number of ether oxygens (including phenoxy) is 2. The van der Waals surface area contributed by atoms with Gasteiger partial charge in [-0.3, -0.25) is 4.79 Å². The normalized spacial score (nSPS) is 18.9. The van der Waals surface area contributed by atoms with Gasteiger partial charge in [-0.05, 0) is 27.2 Å². The Morgan fingerprint density at radius 2 is 2.17 bits per heavy atom. The Morgan fingerprint density at radius 3 is 2.86 bits per heavy atom. The number of aromatic nitrogens is 2. The lowest BCUT2D eigenvalue weighted by molar-refractivity contribution is 0.0202. The minimum atomic E-state index is -0.582. The van der Waals surface area contributed by atoms with Gasteiger partial charge in [0.25, 0.3) is 5.56 Å². The second-order valence-corrected chi connectivity index (χ2v) is 8.38. The highest BCUT2D eigenvalue weighted by molar-refractivity contribution is 5.96. The second kappa shape index (κ2) is 6.89. The molecule has 4 heterocycles. The maximum atomic E-state index is 14.9. The average molecular weight is 404 g/mol. The van der Waals surface area contributed by atoms with E-state index in [4.69, 9.17) is 9.47 Å². The van der Waals surface area contributed by atoms with E-state index in [1.165, 1.54) is 6.07 Å². The van der Waals surface area contributed by atoms with Crippen molar-refractivity contribution in [2.24, 2.45) is 0 Å². The number of carbonyl (C=O) groups excluding carboxylic acids is 1. The molecule has 0 aliphatic carbocycles. The minimum absolute atomic E-state index is 0.115. The molecule has 0 spiro atoms. The number of nitrogens with one attached hydrogen (secondary N) is 1. The molecule has 2 aliphatic heterocycles. The number of aryl methyl sites for hydroxylation is 1. The van der Waals surface area contributed by atoms with Crippen LogP contribution in [0.2, 0.25) is 0 Å². The molecule has 8 nitrogen and oxygen atoms in total. The molecular weight excluding hydrogens is 379 g/mol. The van der Waals surface area contributed by atoms with Gasteiger partial charge in [0.1, 0.15) is 12.2 Å². The van der Waals surface area contributed by atoms with Crippen LogP contribution in [0.25, 0.3) is 10.9 Å². The monoisotopic (exact) mass is 404 g/mol. The van der Waals surface area contributed by atoms with Crippen LogP contribution < -0.4 is 15.2 Å². The molecule has 29 heavy (non-hydrogen) atoms. The molecule has 0 saturated carbocycles. The first-order valence-corrected chi connectivity index (χ1v) is 9.80. The van der Waals surface area contributed by atoms with E-state index in [0.29, 0.717) is 43.0 Å².